The van der Waals surface area contributed by atoms with Gasteiger partial charge < -0.3 is 10.2 Å². The zero-order chi connectivity index (χ0) is 14.8. The standard InChI is InChI=1S/C17H17ClN2O/c1-12-9-13-5-2-3-8-16(13)20(12)17(21)11-19-15-7-4-6-14(18)10-15/h2-8,10,12,19H,9,11H2,1H3/t12-/m1/s1. The second-order valence-corrected chi connectivity index (χ2v) is 5.75. The van der Waals surface area contributed by atoms with Crippen molar-refractivity contribution in [1.82, 2.24) is 0 Å². The van der Waals surface area contributed by atoms with Crippen molar-refractivity contribution in [2.45, 2.75) is 19.4 Å². The van der Waals surface area contributed by atoms with E-state index in [1.54, 1.807) is 0 Å². The highest BCUT2D eigenvalue weighted by atomic mass is 35.5. The highest BCUT2D eigenvalue weighted by Crippen LogP contribution is 2.31. The maximum absolute atomic E-state index is 12.5. The number of anilines is 2. The number of carbonyl (C=O) groups excluding carboxylic acids is 1. The molecule has 4 heteroatoms. The number of para-hydroxylation sites is 1. The average molecular weight is 301 g/mol. The molecule has 0 fully saturated rings. The van der Waals surface area contributed by atoms with Crippen LogP contribution in [0.3, 0.4) is 0 Å². The first kappa shape index (κ1) is 14.0. The van der Waals surface area contributed by atoms with Gasteiger partial charge in [-0.05, 0) is 43.2 Å². The van der Waals surface area contributed by atoms with Gasteiger partial charge in [0.05, 0.1) is 6.54 Å². The number of rotatable bonds is 3. The fourth-order valence-corrected chi connectivity index (χ4v) is 3.00. The van der Waals surface area contributed by atoms with Crippen LogP contribution in [-0.4, -0.2) is 18.5 Å². The molecule has 0 saturated heterocycles. The van der Waals surface area contributed by atoms with Gasteiger partial charge in [-0.25, -0.2) is 0 Å². The highest BCUT2D eigenvalue weighted by molar-refractivity contribution is 6.30. The molecule has 0 aromatic heterocycles. The Labute approximate surface area is 129 Å². The van der Waals surface area contributed by atoms with E-state index in [1.807, 2.05) is 47.4 Å². The van der Waals surface area contributed by atoms with Gasteiger partial charge in [0.25, 0.3) is 0 Å². The Hall–Kier alpha value is -2.00. The third-order valence-electron chi connectivity index (χ3n) is 3.74. The van der Waals surface area contributed by atoms with E-state index in [0.29, 0.717) is 5.02 Å². The lowest BCUT2D eigenvalue weighted by atomic mass is 10.1. The topological polar surface area (TPSA) is 32.3 Å². The monoisotopic (exact) mass is 300 g/mol. The van der Waals surface area contributed by atoms with E-state index >= 15 is 0 Å². The second-order valence-electron chi connectivity index (χ2n) is 5.31. The number of amides is 1. The summed E-state index contributed by atoms with van der Waals surface area (Å²) >= 11 is 5.94. The Kier molecular flexibility index (Phi) is 3.84. The summed E-state index contributed by atoms with van der Waals surface area (Å²) in [5.74, 6) is 0.0763. The normalized spacial score (nSPS) is 16.7. The van der Waals surface area contributed by atoms with Crippen LogP contribution in [0.4, 0.5) is 11.4 Å². The van der Waals surface area contributed by atoms with Crippen molar-refractivity contribution in [3.63, 3.8) is 0 Å². The molecule has 2 aromatic carbocycles. The van der Waals surface area contributed by atoms with E-state index in [0.717, 1.165) is 17.8 Å². The predicted octanol–water partition coefficient (Wildman–Crippen LogP) is 3.73. The molecule has 0 aliphatic carbocycles. The van der Waals surface area contributed by atoms with E-state index in [4.69, 9.17) is 11.6 Å². The summed E-state index contributed by atoms with van der Waals surface area (Å²) in [5, 5.41) is 3.80. The van der Waals surface area contributed by atoms with Crippen molar-refractivity contribution in [1.29, 1.82) is 0 Å². The molecule has 21 heavy (non-hydrogen) atoms. The molecule has 0 spiro atoms. The molecule has 1 aliphatic rings. The molecule has 0 radical (unpaired) electrons. The lowest BCUT2D eigenvalue weighted by Gasteiger charge is -2.23. The van der Waals surface area contributed by atoms with Crippen LogP contribution >= 0.6 is 11.6 Å². The lowest BCUT2D eigenvalue weighted by Crippen LogP contribution is -2.39. The van der Waals surface area contributed by atoms with E-state index < -0.39 is 0 Å². The summed E-state index contributed by atoms with van der Waals surface area (Å²) in [6, 6.07) is 15.7. The maximum Gasteiger partial charge on any atom is 0.246 e. The zero-order valence-corrected chi connectivity index (χ0v) is 12.6. The van der Waals surface area contributed by atoms with Gasteiger partial charge in [-0.3, -0.25) is 4.79 Å². The Morgan fingerprint density at radius 3 is 2.90 bits per heavy atom. The van der Waals surface area contributed by atoms with E-state index in [-0.39, 0.29) is 18.5 Å². The highest BCUT2D eigenvalue weighted by Gasteiger charge is 2.29. The fourth-order valence-electron chi connectivity index (χ4n) is 2.81. The number of carbonyl (C=O) groups is 1. The fraction of sp³-hybridized carbons (Fsp3) is 0.235. The third kappa shape index (κ3) is 2.88. The maximum atomic E-state index is 12.5. The van der Waals surface area contributed by atoms with Crippen LogP contribution < -0.4 is 10.2 Å². The van der Waals surface area contributed by atoms with Crippen LogP contribution in [0.5, 0.6) is 0 Å². The Balaban J connectivity index is 1.71. The van der Waals surface area contributed by atoms with Crippen molar-refractivity contribution in [3.05, 3.63) is 59.1 Å². The van der Waals surface area contributed by atoms with Crippen LogP contribution in [0.1, 0.15) is 12.5 Å². The summed E-state index contributed by atoms with van der Waals surface area (Å²) in [5.41, 5.74) is 3.12. The van der Waals surface area contributed by atoms with Gasteiger partial charge in [-0.15, -0.1) is 0 Å². The van der Waals surface area contributed by atoms with Crippen LogP contribution in [0.25, 0.3) is 0 Å². The first-order valence-corrected chi connectivity index (χ1v) is 7.42. The largest absolute Gasteiger partial charge is 0.376 e. The molecule has 1 aliphatic heterocycles. The van der Waals surface area contributed by atoms with Gasteiger partial charge in [0.1, 0.15) is 0 Å². The summed E-state index contributed by atoms with van der Waals surface area (Å²) in [4.78, 5) is 14.4. The molecule has 1 N–H and O–H groups in total. The van der Waals surface area contributed by atoms with E-state index in [2.05, 4.69) is 18.3 Å². The molecule has 1 amide bonds. The van der Waals surface area contributed by atoms with Gasteiger partial charge in [0, 0.05) is 22.4 Å². The number of fused-ring (bicyclic) bond motifs is 1. The lowest BCUT2D eigenvalue weighted by molar-refractivity contribution is -0.117. The quantitative estimate of drug-likeness (QED) is 0.937. The minimum absolute atomic E-state index is 0.0763. The van der Waals surface area contributed by atoms with Crippen LogP contribution in [0, 0.1) is 0 Å². The molecule has 1 heterocycles. The summed E-state index contributed by atoms with van der Waals surface area (Å²) in [7, 11) is 0. The van der Waals surface area contributed by atoms with Gasteiger partial charge in [-0.1, -0.05) is 35.9 Å². The van der Waals surface area contributed by atoms with Crippen LogP contribution in [0.15, 0.2) is 48.5 Å². The number of hydrogen-bond acceptors (Lipinski definition) is 2. The van der Waals surface area contributed by atoms with Crippen molar-refractivity contribution in [2.75, 3.05) is 16.8 Å². The van der Waals surface area contributed by atoms with Gasteiger partial charge >= 0.3 is 0 Å². The smallest absolute Gasteiger partial charge is 0.246 e. The molecule has 3 nitrogen and oxygen atoms in total. The summed E-state index contributed by atoms with van der Waals surface area (Å²) < 4.78 is 0. The first-order valence-electron chi connectivity index (χ1n) is 7.04. The van der Waals surface area contributed by atoms with Crippen molar-refractivity contribution in [2.24, 2.45) is 0 Å². The summed E-state index contributed by atoms with van der Waals surface area (Å²) in [6.45, 7) is 2.34. The minimum atomic E-state index is 0.0763. The number of nitrogens with zero attached hydrogens (tertiary/aromatic N) is 1. The van der Waals surface area contributed by atoms with Crippen molar-refractivity contribution in [3.8, 4) is 0 Å². The SMILES string of the molecule is C[C@@H]1Cc2ccccc2N1C(=O)CNc1cccc(Cl)c1. The summed E-state index contributed by atoms with van der Waals surface area (Å²) in [6.07, 6.45) is 0.916. The molecule has 0 unspecified atom stereocenters. The zero-order valence-electron chi connectivity index (χ0n) is 11.8. The number of halogens is 1. The second kappa shape index (κ2) is 5.78. The molecule has 0 saturated carbocycles. The van der Waals surface area contributed by atoms with Gasteiger partial charge in [-0.2, -0.15) is 0 Å². The number of hydrogen-bond donors (Lipinski definition) is 1. The molecule has 2 aromatic rings. The Morgan fingerprint density at radius 2 is 2.10 bits per heavy atom. The van der Waals surface area contributed by atoms with Crippen molar-refractivity contribution < 1.29 is 4.79 Å². The van der Waals surface area contributed by atoms with E-state index in [1.165, 1.54) is 5.56 Å². The molecular formula is C17H17ClN2O. The molecule has 1 atom stereocenters. The predicted molar refractivity (Wildman–Crippen MR) is 87.0 cm³/mol. The Morgan fingerprint density at radius 1 is 1.29 bits per heavy atom. The first-order chi connectivity index (χ1) is 10.1. The van der Waals surface area contributed by atoms with Gasteiger partial charge in [0.15, 0.2) is 0 Å². The number of nitrogens with one attached hydrogen (secondary N) is 1. The van der Waals surface area contributed by atoms with Crippen LogP contribution in [-0.2, 0) is 11.2 Å². The number of benzene rings is 2. The molecule has 3 rings (SSSR count). The molecule has 0 bridgehead atoms. The van der Waals surface area contributed by atoms with Crippen LogP contribution in [0.2, 0.25) is 5.02 Å². The van der Waals surface area contributed by atoms with Gasteiger partial charge in [0.2, 0.25) is 5.91 Å². The van der Waals surface area contributed by atoms with Crippen molar-refractivity contribution >= 4 is 28.9 Å². The molecule has 108 valence electrons. The average Bonchev–Trinajstić information content (AvgIpc) is 2.81. The molecular weight excluding hydrogens is 284 g/mol. The third-order valence-corrected chi connectivity index (χ3v) is 3.98. The Bertz CT molecular complexity index is 671. The van der Waals surface area contributed by atoms with E-state index in [9.17, 15) is 4.79 Å². The minimum Gasteiger partial charge on any atom is -0.376 e.